The van der Waals surface area contributed by atoms with Crippen LogP contribution in [-0.2, 0) is 0 Å². The number of carbonyl (C=O) groups excluding carboxylic acids is 1. The van der Waals surface area contributed by atoms with E-state index in [4.69, 9.17) is 4.99 Å². The van der Waals surface area contributed by atoms with E-state index in [1.165, 1.54) is 11.3 Å². The number of aromatic amines is 2. The van der Waals surface area contributed by atoms with Crippen LogP contribution in [-0.4, -0.2) is 45.7 Å². The Kier molecular flexibility index (Phi) is 5.93. The summed E-state index contributed by atoms with van der Waals surface area (Å²) in [5, 5.41) is 8.01. The van der Waals surface area contributed by atoms with Crippen molar-refractivity contribution in [3.05, 3.63) is 71.3 Å². The number of benzene rings is 1. The zero-order valence-corrected chi connectivity index (χ0v) is 17.4. The summed E-state index contributed by atoms with van der Waals surface area (Å²) >= 11 is 0. The molecule has 0 aliphatic carbocycles. The van der Waals surface area contributed by atoms with Crippen molar-refractivity contribution in [2.24, 2.45) is 4.99 Å². The summed E-state index contributed by atoms with van der Waals surface area (Å²) in [5.74, 6) is 0.531. The van der Waals surface area contributed by atoms with Crippen molar-refractivity contribution in [2.75, 3.05) is 13.1 Å². The van der Waals surface area contributed by atoms with Gasteiger partial charge < -0.3 is 9.88 Å². The van der Waals surface area contributed by atoms with Gasteiger partial charge in [0.1, 0.15) is 0 Å². The molecule has 1 fully saturated rings. The van der Waals surface area contributed by atoms with Crippen LogP contribution in [0.5, 0.6) is 0 Å². The van der Waals surface area contributed by atoms with Crippen LogP contribution in [0.15, 0.2) is 59.5 Å². The predicted octanol–water partition coefficient (Wildman–Crippen LogP) is 4.92. The Labute approximate surface area is 176 Å². The fourth-order valence-electron chi connectivity index (χ4n) is 3.98. The van der Waals surface area contributed by atoms with Crippen LogP contribution < -0.4 is 0 Å². The Bertz CT molecular complexity index is 1100. The van der Waals surface area contributed by atoms with Crippen LogP contribution in [0.1, 0.15) is 54.2 Å². The molecular formula is C24H27N5O. The molecule has 2 aromatic heterocycles. The minimum Gasteiger partial charge on any atom is -0.374 e. The van der Waals surface area contributed by atoms with Crippen LogP contribution >= 0.6 is 0 Å². The minimum absolute atomic E-state index is 0.531. The van der Waals surface area contributed by atoms with Crippen molar-refractivity contribution in [1.29, 1.82) is 0 Å². The van der Waals surface area contributed by atoms with Crippen molar-refractivity contribution in [1.82, 2.24) is 20.1 Å². The standard InChI is InChI=1S/C24H27N5O/c1-3-4-23(19-6-5-18-11-22(16-30)28-24(18)12-19)25-9-7-17(2)29-10-8-20(15-29)21-13-26-27-14-21/h4-7,9,11-14,16,20,28H,3,8,10,15H2,1-2H3,(H,26,27)/b17-7+,23-4+,25-9-. The number of rotatable bonds is 7. The van der Waals surface area contributed by atoms with Gasteiger partial charge in [0.25, 0.3) is 0 Å². The number of carbonyl (C=O) groups is 1. The summed E-state index contributed by atoms with van der Waals surface area (Å²) < 4.78 is 0. The molecule has 0 saturated carbocycles. The number of H-pyrrole nitrogens is 2. The summed E-state index contributed by atoms with van der Waals surface area (Å²) in [5.41, 5.74) is 6.00. The van der Waals surface area contributed by atoms with Crippen molar-refractivity contribution < 1.29 is 4.79 Å². The number of aldehydes is 1. The molecule has 0 bridgehead atoms. The van der Waals surface area contributed by atoms with Gasteiger partial charge in [-0.3, -0.25) is 14.9 Å². The molecule has 154 valence electrons. The Hall–Kier alpha value is -3.41. The maximum Gasteiger partial charge on any atom is 0.166 e. The van der Waals surface area contributed by atoms with E-state index in [0.29, 0.717) is 11.6 Å². The highest BCUT2D eigenvalue weighted by molar-refractivity contribution is 5.90. The molecule has 30 heavy (non-hydrogen) atoms. The number of hydrogen-bond acceptors (Lipinski definition) is 4. The summed E-state index contributed by atoms with van der Waals surface area (Å²) in [7, 11) is 0. The summed E-state index contributed by atoms with van der Waals surface area (Å²) in [6.07, 6.45) is 12.9. The number of likely N-dealkylation sites (tertiary alicyclic amines) is 1. The number of fused-ring (bicyclic) bond motifs is 1. The third kappa shape index (κ3) is 4.27. The first-order valence-electron chi connectivity index (χ1n) is 10.4. The number of aliphatic imine (C=N–C) groups is 1. The van der Waals surface area contributed by atoms with E-state index in [1.54, 1.807) is 0 Å². The number of aromatic nitrogens is 3. The highest BCUT2D eigenvalue weighted by Gasteiger charge is 2.24. The maximum atomic E-state index is 11.0. The molecule has 6 heteroatoms. The molecule has 1 atom stereocenters. The van der Waals surface area contributed by atoms with Gasteiger partial charge in [-0.2, -0.15) is 5.10 Å². The van der Waals surface area contributed by atoms with Gasteiger partial charge in [-0.15, -0.1) is 0 Å². The van der Waals surface area contributed by atoms with Gasteiger partial charge in [-0.1, -0.05) is 25.1 Å². The highest BCUT2D eigenvalue weighted by atomic mass is 16.1. The van der Waals surface area contributed by atoms with E-state index >= 15 is 0 Å². The third-order valence-corrected chi connectivity index (χ3v) is 5.67. The van der Waals surface area contributed by atoms with Gasteiger partial charge in [0.2, 0.25) is 0 Å². The average molecular weight is 402 g/mol. The number of nitrogens with one attached hydrogen (secondary N) is 2. The second kappa shape index (κ2) is 8.95. The summed E-state index contributed by atoms with van der Waals surface area (Å²) in [6.45, 7) is 6.30. The van der Waals surface area contributed by atoms with Crippen LogP contribution in [0.2, 0.25) is 0 Å². The van der Waals surface area contributed by atoms with Crippen LogP contribution in [0.3, 0.4) is 0 Å². The van der Waals surface area contributed by atoms with Crippen LogP contribution in [0, 0.1) is 0 Å². The zero-order chi connectivity index (χ0) is 20.9. The molecule has 0 radical (unpaired) electrons. The largest absolute Gasteiger partial charge is 0.374 e. The van der Waals surface area contributed by atoms with E-state index in [1.807, 2.05) is 36.8 Å². The molecule has 6 nitrogen and oxygen atoms in total. The molecule has 0 spiro atoms. The highest BCUT2D eigenvalue weighted by Crippen LogP contribution is 2.28. The fourth-order valence-corrected chi connectivity index (χ4v) is 3.98. The second-order valence-corrected chi connectivity index (χ2v) is 7.69. The third-order valence-electron chi connectivity index (χ3n) is 5.67. The van der Waals surface area contributed by atoms with Crippen LogP contribution in [0.4, 0.5) is 0 Å². The molecular weight excluding hydrogens is 374 g/mol. The normalized spacial score (nSPS) is 18.1. The maximum absolute atomic E-state index is 11.0. The molecule has 3 heterocycles. The lowest BCUT2D eigenvalue weighted by Crippen LogP contribution is -2.18. The zero-order valence-electron chi connectivity index (χ0n) is 17.4. The van der Waals surface area contributed by atoms with Crippen molar-refractivity contribution >= 4 is 29.1 Å². The van der Waals surface area contributed by atoms with Gasteiger partial charge in [0, 0.05) is 53.6 Å². The lowest BCUT2D eigenvalue weighted by molar-refractivity contribution is 0.112. The van der Waals surface area contributed by atoms with Gasteiger partial charge in [-0.25, -0.2) is 0 Å². The van der Waals surface area contributed by atoms with E-state index in [9.17, 15) is 4.79 Å². The van der Waals surface area contributed by atoms with Gasteiger partial charge in [0.15, 0.2) is 6.29 Å². The molecule has 1 unspecified atom stereocenters. The first kappa shape index (κ1) is 19.9. The lowest BCUT2D eigenvalue weighted by atomic mass is 10.0. The Morgan fingerprint density at radius 3 is 3.03 bits per heavy atom. The van der Waals surface area contributed by atoms with Crippen molar-refractivity contribution in [3.8, 4) is 0 Å². The second-order valence-electron chi connectivity index (χ2n) is 7.69. The molecule has 4 rings (SSSR count). The number of allylic oxidation sites excluding steroid dienone is 3. The smallest absolute Gasteiger partial charge is 0.166 e. The molecule has 2 N–H and O–H groups in total. The Balaban J connectivity index is 1.48. The van der Waals surface area contributed by atoms with Crippen LogP contribution in [0.25, 0.3) is 16.6 Å². The van der Waals surface area contributed by atoms with Crippen molar-refractivity contribution in [3.63, 3.8) is 0 Å². The van der Waals surface area contributed by atoms with Gasteiger partial charge >= 0.3 is 0 Å². The van der Waals surface area contributed by atoms with E-state index in [2.05, 4.69) is 52.1 Å². The quantitative estimate of drug-likeness (QED) is 0.436. The first-order chi connectivity index (χ1) is 14.7. The van der Waals surface area contributed by atoms with Crippen molar-refractivity contribution in [2.45, 2.75) is 32.6 Å². The fraction of sp³-hybridized carbons (Fsp3) is 0.292. The van der Waals surface area contributed by atoms with Gasteiger partial charge in [-0.05, 0) is 43.5 Å². The topological polar surface area (TPSA) is 77.1 Å². The van der Waals surface area contributed by atoms with E-state index in [0.717, 1.165) is 54.4 Å². The summed E-state index contributed by atoms with van der Waals surface area (Å²) in [4.78, 5) is 21.3. The number of nitrogens with zero attached hydrogens (tertiary/aromatic N) is 3. The minimum atomic E-state index is 0.531. The van der Waals surface area contributed by atoms with E-state index in [-0.39, 0.29) is 0 Å². The monoisotopic (exact) mass is 401 g/mol. The molecule has 1 saturated heterocycles. The Morgan fingerprint density at radius 1 is 1.37 bits per heavy atom. The molecule has 1 aliphatic heterocycles. The van der Waals surface area contributed by atoms with Gasteiger partial charge in [0.05, 0.1) is 17.6 Å². The average Bonchev–Trinajstić information content (AvgIpc) is 3.52. The Morgan fingerprint density at radius 2 is 2.27 bits per heavy atom. The molecule has 1 aromatic carbocycles. The predicted molar refractivity (Wildman–Crippen MR) is 122 cm³/mol. The summed E-state index contributed by atoms with van der Waals surface area (Å²) in [6, 6.07) is 7.98. The SMILES string of the molecule is CC/C=C(/N=C\C=C(/C)N1CCC(c2cn[nH]c2)C1)c1ccc2cc(C=O)[nH]c2c1. The molecule has 0 amide bonds. The number of hydrogen-bond donors (Lipinski definition) is 2. The van der Waals surface area contributed by atoms with E-state index < -0.39 is 0 Å². The first-order valence-corrected chi connectivity index (χ1v) is 10.4. The molecule has 1 aliphatic rings. The molecule has 3 aromatic rings. The lowest BCUT2D eigenvalue weighted by Gasteiger charge is -2.18.